The van der Waals surface area contributed by atoms with Crippen LogP contribution in [0.2, 0.25) is 0 Å². The number of nitrogens with one attached hydrogen (secondary N) is 3. The van der Waals surface area contributed by atoms with Crippen LogP contribution >= 0.6 is 0 Å². The minimum atomic E-state index is -0.181. The van der Waals surface area contributed by atoms with Crippen molar-refractivity contribution >= 4 is 22.6 Å². The Morgan fingerprint density at radius 3 is 2.52 bits per heavy atom. The molecule has 0 aliphatic carbocycles. The van der Waals surface area contributed by atoms with Gasteiger partial charge in [-0.05, 0) is 36.4 Å². The van der Waals surface area contributed by atoms with E-state index in [-0.39, 0.29) is 5.91 Å². The van der Waals surface area contributed by atoms with Gasteiger partial charge in [-0.3, -0.25) is 4.79 Å². The molecule has 0 aliphatic rings. The first-order valence-corrected chi connectivity index (χ1v) is 9.23. The lowest BCUT2D eigenvalue weighted by atomic mass is 10.1. The van der Waals surface area contributed by atoms with Gasteiger partial charge in [0, 0.05) is 34.8 Å². The Bertz CT molecular complexity index is 1270. The summed E-state index contributed by atoms with van der Waals surface area (Å²) >= 11 is 0. The Hall–Kier alpha value is -4.19. The zero-order valence-corrected chi connectivity index (χ0v) is 15.4. The number of aromatic nitrogens is 4. The Morgan fingerprint density at radius 1 is 0.862 bits per heavy atom. The number of hydrogen-bond donors (Lipinski definition) is 3. The van der Waals surface area contributed by atoms with Crippen LogP contribution in [-0.4, -0.2) is 25.8 Å². The highest BCUT2D eigenvalue weighted by molar-refractivity contribution is 6.05. The Balaban J connectivity index is 1.41. The Labute approximate surface area is 166 Å². The molecule has 6 nitrogen and oxygen atoms in total. The van der Waals surface area contributed by atoms with Crippen LogP contribution in [0.4, 0.5) is 5.69 Å². The van der Waals surface area contributed by atoms with Crippen LogP contribution in [-0.2, 0) is 0 Å². The number of imidazole rings is 2. The molecule has 1 amide bonds. The molecular formula is C23H17N5O. The van der Waals surface area contributed by atoms with Crippen molar-refractivity contribution in [2.75, 3.05) is 5.32 Å². The first-order chi connectivity index (χ1) is 14.3. The van der Waals surface area contributed by atoms with Gasteiger partial charge in [0.1, 0.15) is 11.6 Å². The summed E-state index contributed by atoms with van der Waals surface area (Å²) in [5.41, 5.74) is 4.89. The molecule has 0 saturated heterocycles. The topological polar surface area (TPSA) is 86.5 Å². The maximum atomic E-state index is 12.8. The molecule has 0 radical (unpaired) electrons. The summed E-state index contributed by atoms with van der Waals surface area (Å²) in [4.78, 5) is 28.0. The SMILES string of the molecule is O=C(Nc1cccc(-c2ncc[nH]2)c1)c1cccc(-c2nc3ccccc3[nH]2)c1. The number of amides is 1. The number of fused-ring (bicyclic) bond motifs is 1. The summed E-state index contributed by atoms with van der Waals surface area (Å²) < 4.78 is 0. The molecule has 0 bridgehead atoms. The summed E-state index contributed by atoms with van der Waals surface area (Å²) in [6.07, 6.45) is 3.47. The predicted molar refractivity (Wildman–Crippen MR) is 114 cm³/mol. The third-order valence-corrected chi connectivity index (χ3v) is 4.68. The zero-order valence-electron chi connectivity index (χ0n) is 15.4. The lowest BCUT2D eigenvalue weighted by Crippen LogP contribution is -2.12. The maximum Gasteiger partial charge on any atom is 0.255 e. The number of aromatic amines is 2. The van der Waals surface area contributed by atoms with E-state index in [4.69, 9.17) is 0 Å². The zero-order chi connectivity index (χ0) is 19.6. The number of nitrogens with zero attached hydrogens (tertiary/aromatic N) is 2. The average Bonchev–Trinajstić information content (AvgIpc) is 3.44. The van der Waals surface area contributed by atoms with E-state index in [1.54, 1.807) is 18.5 Å². The van der Waals surface area contributed by atoms with E-state index in [0.717, 1.165) is 33.8 Å². The van der Waals surface area contributed by atoms with Gasteiger partial charge in [0.05, 0.1) is 11.0 Å². The summed E-state index contributed by atoms with van der Waals surface area (Å²) in [6, 6.07) is 22.8. The van der Waals surface area contributed by atoms with Gasteiger partial charge in [-0.25, -0.2) is 9.97 Å². The van der Waals surface area contributed by atoms with Gasteiger partial charge in [-0.1, -0.05) is 36.4 Å². The standard InChI is InChI=1S/C23H17N5O/c29-23(26-18-8-4-6-16(14-18)21-24-11-12-25-21)17-7-3-5-15(13-17)22-27-19-9-1-2-10-20(19)28-22/h1-14H,(H,24,25)(H,26,29)(H,27,28). The number of para-hydroxylation sites is 2. The van der Waals surface area contributed by atoms with Crippen LogP contribution in [0, 0.1) is 0 Å². The molecule has 2 heterocycles. The van der Waals surface area contributed by atoms with Crippen LogP contribution in [0.1, 0.15) is 10.4 Å². The number of anilines is 1. The van der Waals surface area contributed by atoms with Crippen molar-refractivity contribution in [3.05, 3.63) is 90.8 Å². The molecule has 29 heavy (non-hydrogen) atoms. The minimum absolute atomic E-state index is 0.181. The minimum Gasteiger partial charge on any atom is -0.345 e. The molecule has 0 saturated carbocycles. The molecule has 0 spiro atoms. The molecule has 2 aromatic heterocycles. The first kappa shape index (κ1) is 16.9. The quantitative estimate of drug-likeness (QED) is 0.416. The Kier molecular flexibility index (Phi) is 4.14. The lowest BCUT2D eigenvalue weighted by molar-refractivity contribution is 0.102. The first-order valence-electron chi connectivity index (χ1n) is 9.23. The monoisotopic (exact) mass is 379 g/mol. The highest BCUT2D eigenvalue weighted by Crippen LogP contribution is 2.23. The van der Waals surface area contributed by atoms with Crippen LogP contribution in [0.25, 0.3) is 33.8 Å². The summed E-state index contributed by atoms with van der Waals surface area (Å²) in [6.45, 7) is 0. The van der Waals surface area contributed by atoms with Gasteiger partial charge in [-0.2, -0.15) is 0 Å². The van der Waals surface area contributed by atoms with Gasteiger partial charge < -0.3 is 15.3 Å². The molecule has 0 fully saturated rings. The summed E-state index contributed by atoms with van der Waals surface area (Å²) in [7, 11) is 0. The van der Waals surface area contributed by atoms with Crippen molar-refractivity contribution in [1.82, 2.24) is 19.9 Å². The summed E-state index contributed by atoms with van der Waals surface area (Å²) in [5, 5.41) is 2.95. The number of hydrogen-bond acceptors (Lipinski definition) is 3. The molecule has 0 aliphatic heterocycles. The van der Waals surface area contributed by atoms with E-state index < -0.39 is 0 Å². The van der Waals surface area contributed by atoms with Crippen molar-refractivity contribution in [3.8, 4) is 22.8 Å². The lowest BCUT2D eigenvalue weighted by Gasteiger charge is -2.08. The number of carbonyl (C=O) groups excluding carboxylic acids is 1. The van der Waals surface area contributed by atoms with E-state index in [1.807, 2.05) is 66.7 Å². The average molecular weight is 379 g/mol. The highest BCUT2D eigenvalue weighted by Gasteiger charge is 2.11. The smallest absolute Gasteiger partial charge is 0.255 e. The maximum absolute atomic E-state index is 12.8. The van der Waals surface area contributed by atoms with Crippen LogP contribution in [0.5, 0.6) is 0 Å². The summed E-state index contributed by atoms with van der Waals surface area (Å²) in [5.74, 6) is 1.31. The van der Waals surface area contributed by atoms with Crippen molar-refractivity contribution in [2.24, 2.45) is 0 Å². The molecule has 140 valence electrons. The van der Waals surface area contributed by atoms with E-state index in [0.29, 0.717) is 11.3 Å². The Morgan fingerprint density at radius 2 is 1.69 bits per heavy atom. The fraction of sp³-hybridized carbons (Fsp3) is 0. The molecule has 5 aromatic rings. The predicted octanol–water partition coefficient (Wildman–Crippen LogP) is 4.87. The van der Waals surface area contributed by atoms with Gasteiger partial charge in [0.2, 0.25) is 0 Å². The third kappa shape index (κ3) is 3.39. The molecule has 3 N–H and O–H groups in total. The second-order valence-corrected chi connectivity index (χ2v) is 6.66. The molecule has 6 heteroatoms. The fourth-order valence-electron chi connectivity index (χ4n) is 3.27. The van der Waals surface area contributed by atoms with Crippen LogP contribution < -0.4 is 5.32 Å². The highest BCUT2D eigenvalue weighted by atomic mass is 16.1. The van der Waals surface area contributed by atoms with Crippen molar-refractivity contribution < 1.29 is 4.79 Å². The third-order valence-electron chi connectivity index (χ3n) is 4.68. The van der Waals surface area contributed by atoms with Crippen molar-refractivity contribution in [2.45, 2.75) is 0 Å². The van der Waals surface area contributed by atoms with Gasteiger partial charge in [0.25, 0.3) is 5.91 Å². The van der Waals surface area contributed by atoms with Gasteiger partial charge >= 0.3 is 0 Å². The van der Waals surface area contributed by atoms with E-state index >= 15 is 0 Å². The van der Waals surface area contributed by atoms with Crippen molar-refractivity contribution in [3.63, 3.8) is 0 Å². The van der Waals surface area contributed by atoms with Crippen molar-refractivity contribution in [1.29, 1.82) is 0 Å². The van der Waals surface area contributed by atoms with E-state index in [9.17, 15) is 4.79 Å². The normalized spacial score (nSPS) is 10.9. The molecule has 3 aromatic carbocycles. The largest absolute Gasteiger partial charge is 0.345 e. The molecule has 0 unspecified atom stereocenters. The second kappa shape index (κ2) is 7.09. The molecular weight excluding hydrogens is 362 g/mol. The van der Waals surface area contributed by atoms with Gasteiger partial charge in [0.15, 0.2) is 0 Å². The fourth-order valence-corrected chi connectivity index (χ4v) is 3.27. The van der Waals surface area contributed by atoms with E-state index in [1.165, 1.54) is 0 Å². The number of H-pyrrole nitrogens is 2. The van der Waals surface area contributed by atoms with Gasteiger partial charge in [-0.15, -0.1) is 0 Å². The second-order valence-electron chi connectivity index (χ2n) is 6.66. The molecule has 5 rings (SSSR count). The number of carbonyl (C=O) groups is 1. The number of rotatable bonds is 4. The van der Waals surface area contributed by atoms with Crippen LogP contribution in [0.3, 0.4) is 0 Å². The number of benzene rings is 3. The van der Waals surface area contributed by atoms with Crippen LogP contribution in [0.15, 0.2) is 85.2 Å². The van der Waals surface area contributed by atoms with E-state index in [2.05, 4.69) is 25.3 Å². The molecule has 0 atom stereocenters.